The van der Waals surface area contributed by atoms with Crippen molar-refractivity contribution in [3.05, 3.63) is 103 Å². The fraction of sp³-hybridized carbons (Fsp3) is 0.200. The molecule has 0 unspecified atom stereocenters. The first kappa shape index (κ1) is 20.1. The molecule has 138 valence electrons. The Morgan fingerprint density at radius 2 is 1.22 bits per heavy atom. The fourth-order valence-electron chi connectivity index (χ4n) is 3.29. The van der Waals surface area contributed by atoms with Crippen molar-refractivity contribution in [2.75, 3.05) is 0 Å². The van der Waals surface area contributed by atoms with Gasteiger partial charge in [-0.15, -0.1) is 0 Å². The van der Waals surface area contributed by atoms with Crippen LogP contribution < -0.4 is 15.9 Å². The van der Waals surface area contributed by atoms with Crippen molar-refractivity contribution in [1.82, 2.24) is 0 Å². The van der Waals surface area contributed by atoms with Gasteiger partial charge in [0.25, 0.3) is 0 Å². The zero-order valence-corrected chi connectivity index (χ0v) is 18.4. The molecule has 3 rings (SSSR count). The summed E-state index contributed by atoms with van der Waals surface area (Å²) in [5.74, 6) is -1.79. The van der Waals surface area contributed by atoms with Crippen molar-refractivity contribution in [3.63, 3.8) is 0 Å². The third-order valence-corrected chi connectivity index (χ3v) is 11.5. The lowest BCUT2D eigenvalue weighted by atomic mass is 10.1. The highest BCUT2D eigenvalue weighted by atomic mass is 79.9. The van der Waals surface area contributed by atoms with E-state index in [0.717, 1.165) is 12.8 Å². The molecule has 0 N–H and O–H groups in total. The van der Waals surface area contributed by atoms with Crippen LogP contribution >= 0.6 is 21.5 Å². The molecule has 3 aromatic carbocycles. The van der Waals surface area contributed by atoms with E-state index in [1.54, 1.807) is 0 Å². The Morgan fingerprint density at radius 1 is 0.704 bits per heavy atom. The van der Waals surface area contributed by atoms with E-state index in [2.05, 4.69) is 119 Å². The van der Waals surface area contributed by atoms with Crippen LogP contribution in [0.15, 0.2) is 97.1 Å². The van der Waals surface area contributed by atoms with E-state index < -0.39 is 5.96 Å². The summed E-state index contributed by atoms with van der Waals surface area (Å²) in [7, 11) is 0. The molecular weight excluding hydrogens is 411 g/mol. The molecule has 0 heterocycles. The second kappa shape index (κ2) is 10.0. The van der Waals surface area contributed by atoms with E-state index in [0.29, 0.717) is 0 Å². The van der Waals surface area contributed by atoms with E-state index >= 15 is 0 Å². The van der Waals surface area contributed by atoms with Crippen LogP contribution in [0.25, 0.3) is 0 Å². The monoisotopic (exact) mass is 437 g/mol. The van der Waals surface area contributed by atoms with E-state index in [-0.39, 0.29) is 0 Å². The zero-order chi connectivity index (χ0) is 19.0. The molecule has 0 aliphatic rings. The third kappa shape index (κ3) is 4.98. The number of benzene rings is 3. The molecule has 2 heteroatoms. The first-order chi connectivity index (χ1) is 13.2. The average Bonchev–Trinajstić information content (AvgIpc) is 2.75. The van der Waals surface area contributed by atoms with Crippen LogP contribution in [0.5, 0.6) is 0 Å². The van der Waals surface area contributed by atoms with Crippen molar-refractivity contribution in [3.8, 4) is 0 Å². The fourth-order valence-corrected chi connectivity index (χ4v) is 8.04. The average molecular weight is 438 g/mol. The van der Waals surface area contributed by atoms with Gasteiger partial charge in [0.2, 0.25) is 0 Å². The summed E-state index contributed by atoms with van der Waals surface area (Å²) in [6.07, 6.45) is 9.20. The summed E-state index contributed by atoms with van der Waals surface area (Å²) in [6, 6.07) is 30.9. The molecule has 0 fully saturated rings. The minimum Gasteiger partial charge on any atom is -0.0888 e. The molecular formula is C25H27BrP+. The number of aryl methyl sites for hydroxylation is 1. The van der Waals surface area contributed by atoms with E-state index in [4.69, 9.17) is 0 Å². The van der Waals surface area contributed by atoms with Gasteiger partial charge >= 0.3 is 0 Å². The lowest BCUT2D eigenvalue weighted by Crippen LogP contribution is -2.26. The molecule has 0 aliphatic heterocycles. The van der Waals surface area contributed by atoms with Gasteiger partial charge in [-0.05, 0) is 67.6 Å². The molecule has 0 aliphatic carbocycles. The summed E-state index contributed by atoms with van der Waals surface area (Å²) in [6.45, 7) is 2.18. The number of hydrogen-bond acceptors (Lipinski definition) is 0. The van der Waals surface area contributed by atoms with Crippen molar-refractivity contribution in [2.24, 2.45) is 0 Å². The van der Waals surface area contributed by atoms with Crippen LogP contribution in [0, 0.1) is 0 Å². The van der Waals surface area contributed by atoms with Crippen LogP contribution in [0.2, 0.25) is 0 Å². The summed E-state index contributed by atoms with van der Waals surface area (Å²) < 4.78 is 0. The van der Waals surface area contributed by atoms with Gasteiger partial charge in [0.1, 0.15) is 15.9 Å². The molecule has 3 aromatic rings. The van der Waals surface area contributed by atoms with Gasteiger partial charge < -0.3 is 0 Å². The predicted molar refractivity (Wildman–Crippen MR) is 126 cm³/mol. The molecule has 0 atom stereocenters. The molecule has 0 spiro atoms. The minimum absolute atomic E-state index is 1.13. The van der Waals surface area contributed by atoms with Crippen LogP contribution in [0.1, 0.15) is 31.7 Å². The van der Waals surface area contributed by atoms with Gasteiger partial charge in [-0.1, -0.05) is 67.6 Å². The molecule has 0 amide bonds. The van der Waals surface area contributed by atoms with Crippen molar-refractivity contribution >= 4 is 37.4 Å². The maximum absolute atomic E-state index is 4.22. The Morgan fingerprint density at radius 3 is 1.74 bits per heavy atom. The zero-order valence-electron chi connectivity index (χ0n) is 15.9. The Labute approximate surface area is 172 Å². The lowest BCUT2D eigenvalue weighted by Gasteiger charge is -2.20. The topological polar surface area (TPSA) is 0 Å². The molecule has 0 bridgehead atoms. The third-order valence-electron chi connectivity index (χ3n) is 4.75. The summed E-state index contributed by atoms with van der Waals surface area (Å²) >= 11 is 4.22. The van der Waals surface area contributed by atoms with Crippen molar-refractivity contribution < 1.29 is 0 Å². The molecule has 0 radical (unpaired) electrons. The van der Waals surface area contributed by atoms with E-state index in [1.165, 1.54) is 34.3 Å². The van der Waals surface area contributed by atoms with Crippen molar-refractivity contribution in [2.45, 2.75) is 32.6 Å². The molecule has 0 aromatic heterocycles. The number of allylic oxidation sites excluding steroid dienone is 2. The van der Waals surface area contributed by atoms with Gasteiger partial charge in [0.05, 0.1) is 0 Å². The highest BCUT2D eigenvalue weighted by Crippen LogP contribution is 2.62. The van der Waals surface area contributed by atoms with Crippen molar-refractivity contribution in [1.29, 1.82) is 0 Å². The highest BCUT2D eigenvalue weighted by Gasteiger charge is 2.43. The lowest BCUT2D eigenvalue weighted by molar-refractivity contribution is 0.840. The van der Waals surface area contributed by atoms with Crippen LogP contribution in [0.4, 0.5) is 0 Å². The molecule has 0 nitrogen and oxygen atoms in total. The van der Waals surface area contributed by atoms with Gasteiger partial charge in [0.15, 0.2) is 21.5 Å². The van der Waals surface area contributed by atoms with Gasteiger partial charge in [0, 0.05) is 0 Å². The number of hydrogen-bond donors (Lipinski definition) is 0. The number of rotatable bonds is 8. The first-order valence-corrected chi connectivity index (χ1v) is 13.5. The quantitative estimate of drug-likeness (QED) is 0.212. The Balaban J connectivity index is 1.87. The Bertz CT molecular complexity index is 799. The normalized spacial score (nSPS) is 11.8. The van der Waals surface area contributed by atoms with E-state index in [1.807, 2.05) is 0 Å². The Hall–Kier alpha value is -1.69. The summed E-state index contributed by atoms with van der Waals surface area (Å²) in [5, 5.41) is 4.08. The number of unbranched alkanes of at least 4 members (excludes halogenated alkanes) is 1. The first-order valence-electron chi connectivity index (χ1n) is 9.69. The Kier molecular flexibility index (Phi) is 7.44. The second-order valence-corrected chi connectivity index (χ2v) is 12.6. The number of halogens is 1. The van der Waals surface area contributed by atoms with E-state index in [9.17, 15) is 0 Å². The minimum atomic E-state index is -1.79. The summed E-state index contributed by atoms with van der Waals surface area (Å²) in [5.41, 5.74) is 1.42. The standard InChI is InChI=1S/C25H27BrP/c1-2-3-4-5-8-13-22-18-20-25(21-19-22)27(26,23-14-9-6-10-15-23)24-16-11-7-12-17-24/h3-4,6-7,9-12,14-21H,2,5,8,13H2,1H3/q+1/b4-3+. The summed E-state index contributed by atoms with van der Waals surface area (Å²) in [4.78, 5) is 0. The smallest absolute Gasteiger partial charge is 0.0888 e. The molecule has 0 saturated heterocycles. The van der Waals surface area contributed by atoms with Crippen LogP contribution in [-0.4, -0.2) is 0 Å². The molecule has 27 heavy (non-hydrogen) atoms. The van der Waals surface area contributed by atoms with Crippen LogP contribution in [-0.2, 0) is 6.42 Å². The van der Waals surface area contributed by atoms with Gasteiger partial charge in [-0.2, -0.15) is 0 Å². The predicted octanol–water partition coefficient (Wildman–Crippen LogP) is 6.58. The maximum atomic E-state index is 4.22. The second-order valence-electron chi connectivity index (χ2n) is 6.70. The molecule has 0 saturated carbocycles. The van der Waals surface area contributed by atoms with Crippen LogP contribution in [0.3, 0.4) is 0 Å². The van der Waals surface area contributed by atoms with Gasteiger partial charge in [-0.25, -0.2) is 0 Å². The maximum Gasteiger partial charge on any atom is 0.181 e. The van der Waals surface area contributed by atoms with Gasteiger partial charge in [-0.3, -0.25) is 0 Å². The highest BCUT2D eigenvalue weighted by molar-refractivity contribution is 9.44. The SMILES string of the molecule is CC/C=C/CCCc1ccc([P+](Br)(c2ccccc2)c2ccccc2)cc1. The largest absolute Gasteiger partial charge is 0.181 e.